The van der Waals surface area contributed by atoms with Crippen molar-refractivity contribution in [2.45, 2.75) is 52.5 Å². The van der Waals surface area contributed by atoms with Gasteiger partial charge in [0.2, 0.25) is 5.91 Å². The molecule has 1 heterocycles. The van der Waals surface area contributed by atoms with Gasteiger partial charge >= 0.3 is 5.97 Å². The molecule has 1 N–H and O–H groups in total. The highest BCUT2D eigenvalue weighted by atomic mass is 16.4. The predicted molar refractivity (Wildman–Crippen MR) is 115 cm³/mol. The van der Waals surface area contributed by atoms with Gasteiger partial charge in [-0.2, -0.15) is 0 Å². The maximum Gasteiger partial charge on any atom is 0.341 e. The van der Waals surface area contributed by atoms with Crippen molar-refractivity contribution < 1.29 is 14.7 Å². The summed E-state index contributed by atoms with van der Waals surface area (Å²) in [6, 6.07) is 9.52. The summed E-state index contributed by atoms with van der Waals surface area (Å²) in [5.41, 5.74) is 1.02. The summed E-state index contributed by atoms with van der Waals surface area (Å²) in [5.74, 6) is -0.320. The molecule has 0 unspecified atom stereocenters. The summed E-state index contributed by atoms with van der Waals surface area (Å²) in [4.78, 5) is 26.7. The Bertz CT molecular complexity index is 878. The Morgan fingerprint density at radius 1 is 1.17 bits per heavy atom. The van der Waals surface area contributed by atoms with Crippen molar-refractivity contribution in [3.05, 3.63) is 47.7 Å². The maximum absolute atomic E-state index is 13.3. The summed E-state index contributed by atoms with van der Waals surface area (Å²) >= 11 is 0. The number of carbonyl (C=O) groups excluding carboxylic acids is 1. The lowest BCUT2D eigenvalue weighted by molar-refractivity contribution is -0.123. The topological polar surface area (TPSA) is 75.4 Å². The molecule has 1 aromatic carbocycles. The van der Waals surface area contributed by atoms with Crippen LogP contribution in [0.3, 0.4) is 0 Å². The van der Waals surface area contributed by atoms with Gasteiger partial charge in [0.1, 0.15) is 5.56 Å². The zero-order chi connectivity index (χ0) is 21.0. The maximum atomic E-state index is 13.3. The van der Waals surface area contributed by atoms with Crippen molar-refractivity contribution in [3.63, 3.8) is 0 Å². The van der Waals surface area contributed by atoms with E-state index in [1.807, 2.05) is 50.3 Å². The van der Waals surface area contributed by atoms with E-state index in [1.165, 1.54) is 10.9 Å². The van der Waals surface area contributed by atoms with Crippen molar-refractivity contribution in [1.82, 2.24) is 9.78 Å². The monoisotopic (exact) mass is 395 g/mol. The van der Waals surface area contributed by atoms with Crippen LogP contribution in [-0.2, 0) is 4.79 Å². The first-order chi connectivity index (χ1) is 13.9. The molecule has 3 rings (SSSR count). The van der Waals surface area contributed by atoms with Crippen LogP contribution in [0.2, 0.25) is 0 Å². The zero-order valence-electron chi connectivity index (χ0n) is 17.3. The van der Waals surface area contributed by atoms with Gasteiger partial charge in [-0.25, -0.2) is 9.48 Å². The lowest BCUT2D eigenvalue weighted by Crippen LogP contribution is -2.43. The second kappa shape index (κ2) is 9.07. The largest absolute Gasteiger partial charge is 0.477 e. The Balaban J connectivity index is 1.91. The van der Waals surface area contributed by atoms with E-state index >= 15 is 0 Å². The molecule has 6 nitrogen and oxygen atoms in total. The fourth-order valence-corrected chi connectivity index (χ4v) is 3.82. The van der Waals surface area contributed by atoms with Crippen molar-refractivity contribution in [2.24, 2.45) is 11.8 Å². The van der Waals surface area contributed by atoms with Crippen molar-refractivity contribution in [3.8, 4) is 0 Å². The van der Waals surface area contributed by atoms with Gasteiger partial charge in [-0.05, 0) is 57.1 Å². The molecule has 1 amide bonds. The average Bonchev–Trinajstić information content (AvgIpc) is 3.11. The Hall–Kier alpha value is -2.89. The molecular formula is C23H29N3O3. The highest BCUT2D eigenvalue weighted by Crippen LogP contribution is 2.32. The third-order valence-electron chi connectivity index (χ3n) is 5.51. The van der Waals surface area contributed by atoms with Gasteiger partial charge in [0.05, 0.1) is 0 Å². The summed E-state index contributed by atoms with van der Waals surface area (Å²) in [6.45, 7) is 6.01. The fourth-order valence-electron chi connectivity index (χ4n) is 3.82. The minimum absolute atomic E-state index is 0.0216. The Labute approximate surface area is 171 Å². The van der Waals surface area contributed by atoms with Crippen LogP contribution in [0.15, 0.2) is 36.5 Å². The van der Waals surface area contributed by atoms with Gasteiger partial charge in [0, 0.05) is 24.4 Å². The molecule has 1 aliphatic carbocycles. The van der Waals surface area contributed by atoms with Gasteiger partial charge in [0.25, 0.3) is 0 Å². The van der Waals surface area contributed by atoms with Crippen LogP contribution in [-0.4, -0.2) is 32.8 Å². The molecular weight excluding hydrogens is 366 g/mol. The minimum atomic E-state index is -1.09. The SMILES string of the molecule is CC1CCC(C(=O)N(c2nn(C=Cc3ccccc3)cc2C(=O)O)C(C)C)CC1. The molecule has 6 heteroatoms. The number of rotatable bonds is 6. The second-order valence-corrected chi connectivity index (χ2v) is 8.14. The van der Waals surface area contributed by atoms with Crippen LogP contribution in [0.1, 0.15) is 62.4 Å². The van der Waals surface area contributed by atoms with Crippen molar-refractivity contribution >= 4 is 30.0 Å². The van der Waals surface area contributed by atoms with Crippen LogP contribution in [0.5, 0.6) is 0 Å². The van der Waals surface area contributed by atoms with E-state index in [-0.39, 0.29) is 29.2 Å². The van der Waals surface area contributed by atoms with Gasteiger partial charge < -0.3 is 5.11 Å². The zero-order valence-corrected chi connectivity index (χ0v) is 17.3. The molecule has 0 aliphatic heterocycles. The summed E-state index contributed by atoms with van der Waals surface area (Å²) in [5, 5.41) is 14.2. The third-order valence-corrected chi connectivity index (χ3v) is 5.51. The Morgan fingerprint density at radius 2 is 1.83 bits per heavy atom. The number of carboxylic acids is 1. The number of amides is 1. The van der Waals surface area contributed by atoms with E-state index in [2.05, 4.69) is 12.0 Å². The molecule has 1 aromatic heterocycles. The van der Waals surface area contributed by atoms with E-state index in [9.17, 15) is 14.7 Å². The molecule has 2 aromatic rings. The lowest BCUT2D eigenvalue weighted by Gasteiger charge is -2.32. The predicted octanol–water partition coefficient (Wildman–Crippen LogP) is 4.78. The molecule has 1 aliphatic rings. The number of aromatic carboxylic acids is 1. The average molecular weight is 396 g/mol. The number of aromatic nitrogens is 2. The van der Waals surface area contributed by atoms with E-state index in [0.717, 1.165) is 31.2 Å². The molecule has 0 saturated heterocycles. The van der Waals surface area contributed by atoms with Crippen LogP contribution in [0, 0.1) is 11.8 Å². The fraction of sp³-hybridized carbons (Fsp3) is 0.435. The minimum Gasteiger partial charge on any atom is -0.477 e. The highest BCUT2D eigenvalue weighted by Gasteiger charge is 2.33. The smallest absolute Gasteiger partial charge is 0.341 e. The Morgan fingerprint density at radius 3 is 2.41 bits per heavy atom. The molecule has 1 saturated carbocycles. The van der Waals surface area contributed by atoms with Crippen molar-refractivity contribution in [1.29, 1.82) is 0 Å². The Kier molecular flexibility index (Phi) is 6.52. The first kappa shape index (κ1) is 20.8. The first-order valence-electron chi connectivity index (χ1n) is 10.3. The molecule has 0 bridgehead atoms. The van der Waals surface area contributed by atoms with E-state index in [0.29, 0.717) is 5.92 Å². The molecule has 1 fully saturated rings. The number of anilines is 1. The molecule has 0 spiro atoms. The van der Waals surface area contributed by atoms with Gasteiger partial charge in [-0.1, -0.05) is 37.3 Å². The van der Waals surface area contributed by atoms with E-state index < -0.39 is 5.97 Å². The quantitative estimate of drug-likeness (QED) is 0.764. The standard InChI is InChI=1S/C23H29N3O3/c1-16(2)26(22(27)19-11-9-17(3)10-12-19)21-20(23(28)29)15-25(24-21)14-13-18-7-5-4-6-8-18/h4-8,13-17,19H,9-12H2,1-3H3,(H,28,29). The van der Waals surface area contributed by atoms with Crippen molar-refractivity contribution in [2.75, 3.05) is 4.90 Å². The first-order valence-corrected chi connectivity index (χ1v) is 10.3. The highest BCUT2D eigenvalue weighted by molar-refractivity contribution is 6.01. The van der Waals surface area contributed by atoms with Gasteiger partial charge in [-0.15, -0.1) is 5.10 Å². The van der Waals surface area contributed by atoms with Crippen LogP contribution >= 0.6 is 0 Å². The number of hydrogen-bond donors (Lipinski definition) is 1. The normalized spacial score (nSPS) is 19.6. The summed E-state index contributed by atoms with van der Waals surface area (Å²) in [6.07, 6.45) is 8.77. The molecule has 29 heavy (non-hydrogen) atoms. The number of carboxylic acid groups (broad SMARTS) is 1. The third kappa shape index (κ3) is 4.94. The van der Waals surface area contributed by atoms with Gasteiger partial charge in [-0.3, -0.25) is 9.69 Å². The lowest BCUT2D eigenvalue weighted by atomic mass is 9.82. The summed E-state index contributed by atoms with van der Waals surface area (Å²) < 4.78 is 1.47. The van der Waals surface area contributed by atoms with E-state index in [4.69, 9.17) is 0 Å². The number of benzene rings is 1. The van der Waals surface area contributed by atoms with Crippen LogP contribution < -0.4 is 4.90 Å². The molecule has 0 radical (unpaired) electrons. The summed E-state index contributed by atoms with van der Waals surface area (Å²) in [7, 11) is 0. The van der Waals surface area contributed by atoms with Crippen LogP contribution in [0.4, 0.5) is 5.82 Å². The number of carbonyl (C=O) groups is 2. The molecule has 154 valence electrons. The van der Waals surface area contributed by atoms with Gasteiger partial charge in [0.15, 0.2) is 5.82 Å². The molecule has 0 atom stereocenters. The second-order valence-electron chi connectivity index (χ2n) is 8.14. The van der Waals surface area contributed by atoms with Crippen LogP contribution in [0.25, 0.3) is 12.3 Å². The number of hydrogen-bond acceptors (Lipinski definition) is 3. The number of nitrogens with zero attached hydrogens (tertiary/aromatic N) is 3. The van der Waals surface area contributed by atoms with E-state index in [1.54, 1.807) is 11.1 Å².